The van der Waals surface area contributed by atoms with Crippen LogP contribution in [0.15, 0.2) is 35.5 Å². The normalized spacial score (nSPS) is 13.2. The van der Waals surface area contributed by atoms with Gasteiger partial charge in [0.05, 0.1) is 12.5 Å². The maximum absolute atomic E-state index is 12.0. The average molecular weight is 235 g/mol. The smallest absolute Gasteiger partial charge is 0.229 e. The summed E-state index contributed by atoms with van der Waals surface area (Å²) in [6, 6.07) is 9.49. The largest absolute Gasteiger partial charge is 0.409 e. The maximum Gasteiger partial charge on any atom is 0.229 e. The Morgan fingerprint density at radius 2 is 2.06 bits per heavy atom. The Balaban J connectivity index is 2.70. The van der Waals surface area contributed by atoms with Crippen molar-refractivity contribution in [2.24, 2.45) is 10.9 Å². The fourth-order valence-corrected chi connectivity index (χ4v) is 1.57. The second-order valence-corrected chi connectivity index (χ2v) is 3.92. The molecule has 5 nitrogen and oxygen atoms in total. The molecule has 0 heterocycles. The van der Waals surface area contributed by atoms with Crippen LogP contribution >= 0.6 is 0 Å². The first kappa shape index (κ1) is 13.0. The summed E-state index contributed by atoms with van der Waals surface area (Å²) in [5, 5.41) is 11.3. The van der Waals surface area contributed by atoms with Crippen molar-refractivity contribution < 1.29 is 10.0 Å². The van der Waals surface area contributed by atoms with E-state index in [0.29, 0.717) is 0 Å². The Hall–Kier alpha value is -2.04. The third-order valence-electron chi connectivity index (χ3n) is 2.57. The minimum atomic E-state index is -0.243. The van der Waals surface area contributed by atoms with Crippen molar-refractivity contribution in [3.05, 3.63) is 35.9 Å². The highest BCUT2D eigenvalue weighted by molar-refractivity contribution is 5.89. The van der Waals surface area contributed by atoms with Gasteiger partial charge in [-0.1, -0.05) is 35.5 Å². The van der Waals surface area contributed by atoms with Crippen LogP contribution in [0.1, 0.15) is 18.4 Å². The topological polar surface area (TPSA) is 78.9 Å². The van der Waals surface area contributed by atoms with Crippen molar-refractivity contribution in [1.29, 1.82) is 0 Å². The van der Waals surface area contributed by atoms with Crippen LogP contribution in [-0.4, -0.2) is 35.4 Å². The first-order valence-electron chi connectivity index (χ1n) is 5.32. The van der Waals surface area contributed by atoms with Crippen molar-refractivity contribution in [3.8, 4) is 0 Å². The van der Waals surface area contributed by atoms with Gasteiger partial charge in [0.25, 0.3) is 0 Å². The van der Waals surface area contributed by atoms with Gasteiger partial charge < -0.3 is 15.8 Å². The summed E-state index contributed by atoms with van der Waals surface area (Å²) >= 11 is 0. The molecule has 0 radical (unpaired) electrons. The van der Waals surface area contributed by atoms with E-state index >= 15 is 0 Å². The molecule has 0 saturated carbocycles. The molecule has 1 rings (SSSR count). The third-order valence-corrected chi connectivity index (χ3v) is 2.57. The minimum Gasteiger partial charge on any atom is -0.409 e. The molecule has 0 bridgehead atoms. The molecule has 0 aromatic heterocycles. The molecule has 0 aliphatic carbocycles. The first-order chi connectivity index (χ1) is 8.06. The molecule has 1 aromatic rings. The molecule has 5 heteroatoms. The zero-order valence-electron chi connectivity index (χ0n) is 10.00. The van der Waals surface area contributed by atoms with E-state index in [9.17, 15) is 4.79 Å². The SMILES string of the molecule is CC(C(=O)N(C)C/C(N)=N/O)c1ccccc1. The van der Waals surface area contributed by atoms with Crippen LogP contribution in [0.25, 0.3) is 0 Å². The molecule has 17 heavy (non-hydrogen) atoms. The molecular formula is C12H17N3O2. The van der Waals surface area contributed by atoms with Crippen LogP contribution in [0.4, 0.5) is 0 Å². The predicted octanol–water partition coefficient (Wildman–Crippen LogP) is 0.995. The lowest BCUT2D eigenvalue weighted by Gasteiger charge is -2.20. The van der Waals surface area contributed by atoms with Crippen LogP contribution in [0.2, 0.25) is 0 Å². The summed E-state index contributed by atoms with van der Waals surface area (Å²) in [7, 11) is 1.62. The van der Waals surface area contributed by atoms with Crippen LogP contribution in [0, 0.1) is 0 Å². The van der Waals surface area contributed by atoms with Gasteiger partial charge in [-0.15, -0.1) is 0 Å². The molecule has 92 valence electrons. The number of benzene rings is 1. The summed E-state index contributed by atoms with van der Waals surface area (Å²) in [5.74, 6) is -0.295. The monoisotopic (exact) mass is 235 g/mol. The fraction of sp³-hybridized carbons (Fsp3) is 0.333. The van der Waals surface area contributed by atoms with Gasteiger partial charge in [0.15, 0.2) is 5.84 Å². The number of hydrogen-bond donors (Lipinski definition) is 2. The van der Waals surface area contributed by atoms with Gasteiger partial charge in [-0.3, -0.25) is 4.79 Å². The number of nitrogens with two attached hydrogens (primary N) is 1. The lowest BCUT2D eigenvalue weighted by Crippen LogP contribution is -2.37. The van der Waals surface area contributed by atoms with Crippen molar-refractivity contribution in [3.63, 3.8) is 0 Å². The molecule has 3 N–H and O–H groups in total. The summed E-state index contributed by atoms with van der Waals surface area (Å²) in [5.41, 5.74) is 6.30. The number of amidine groups is 1. The van der Waals surface area contributed by atoms with Gasteiger partial charge in [-0.2, -0.15) is 0 Å². The number of oxime groups is 1. The number of amides is 1. The Kier molecular flexibility index (Phi) is 4.51. The first-order valence-corrected chi connectivity index (χ1v) is 5.32. The van der Waals surface area contributed by atoms with Crippen molar-refractivity contribution >= 4 is 11.7 Å². The highest BCUT2D eigenvalue weighted by atomic mass is 16.4. The summed E-state index contributed by atoms with van der Waals surface area (Å²) in [6.45, 7) is 1.95. The van der Waals surface area contributed by atoms with E-state index in [1.165, 1.54) is 4.90 Å². The summed E-state index contributed by atoms with van der Waals surface area (Å²) in [6.07, 6.45) is 0. The lowest BCUT2D eigenvalue weighted by molar-refractivity contribution is -0.130. The Morgan fingerprint density at radius 3 is 2.59 bits per heavy atom. The van der Waals surface area contributed by atoms with Crippen LogP contribution in [0.5, 0.6) is 0 Å². The molecule has 1 amide bonds. The Bertz CT molecular complexity index is 403. The second-order valence-electron chi connectivity index (χ2n) is 3.92. The zero-order valence-corrected chi connectivity index (χ0v) is 10.00. The molecule has 1 atom stereocenters. The third kappa shape index (κ3) is 3.48. The van der Waals surface area contributed by atoms with E-state index in [4.69, 9.17) is 10.9 Å². The summed E-state index contributed by atoms with van der Waals surface area (Å²) < 4.78 is 0. The predicted molar refractivity (Wildman–Crippen MR) is 65.9 cm³/mol. The van der Waals surface area contributed by atoms with Crippen LogP contribution in [-0.2, 0) is 4.79 Å². The lowest BCUT2D eigenvalue weighted by atomic mass is 10.00. The maximum atomic E-state index is 12.0. The molecule has 0 aliphatic rings. The van der Waals surface area contributed by atoms with Crippen LogP contribution < -0.4 is 5.73 Å². The van der Waals surface area contributed by atoms with Gasteiger partial charge in [0.1, 0.15) is 0 Å². The van der Waals surface area contributed by atoms with Gasteiger partial charge in [0, 0.05) is 7.05 Å². The highest BCUT2D eigenvalue weighted by Gasteiger charge is 2.19. The molecular weight excluding hydrogens is 218 g/mol. The molecule has 0 spiro atoms. The molecule has 0 fully saturated rings. The van der Waals surface area contributed by atoms with E-state index in [1.807, 2.05) is 37.3 Å². The standard InChI is InChI=1S/C12H17N3O2/c1-9(10-6-4-3-5-7-10)12(16)15(2)8-11(13)14-17/h3-7,9,17H,8H2,1-2H3,(H2,13,14). The van der Waals surface area contributed by atoms with Crippen molar-refractivity contribution in [2.45, 2.75) is 12.8 Å². The van der Waals surface area contributed by atoms with Crippen molar-refractivity contribution in [1.82, 2.24) is 4.90 Å². The highest BCUT2D eigenvalue weighted by Crippen LogP contribution is 2.16. The molecule has 1 aromatic carbocycles. The molecule has 0 saturated heterocycles. The number of carbonyl (C=O) groups excluding carboxylic acids is 1. The quantitative estimate of drug-likeness (QED) is 0.353. The fourth-order valence-electron chi connectivity index (χ4n) is 1.57. The molecule has 1 unspecified atom stereocenters. The van der Waals surface area contributed by atoms with E-state index in [2.05, 4.69) is 5.16 Å². The molecule has 0 aliphatic heterocycles. The zero-order chi connectivity index (χ0) is 12.8. The second kappa shape index (κ2) is 5.89. The van der Waals surface area contributed by atoms with Gasteiger partial charge in [-0.25, -0.2) is 0 Å². The number of carbonyl (C=O) groups is 1. The van der Waals surface area contributed by atoms with E-state index in [1.54, 1.807) is 7.05 Å². The van der Waals surface area contributed by atoms with Gasteiger partial charge in [-0.05, 0) is 12.5 Å². The van der Waals surface area contributed by atoms with Gasteiger partial charge in [0.2, 0.25) is 5.91 Å². The number of nitrogens with zero attached hydrogens (tertiary/aromatic N) is 2. The van der Waals surface area contributed by atoms with E-state index in [0.717, 1.165) is 5.56 Å². The average Bonchev–Trinajstić information content (AvgIpc) is 2.37. The van der Waals surface area contributed by atoms with E-state index in [-0.39, 0.29) is 24.2 Å². The minimum absolute atomic E-state index is 0.0149. The van der Waals surface area contributed by atoms with Gasteiger partial charge >= 0.3 is 0 Å². The van der Waals surface area contributed by atoms with Crippen molar-refractivity contribution in [2.75, 3.05) is 13.6 Å². The number of likely N-dealkylation sites (N-methyl/N-ethyl adjacent to an activating group) is 1. The van der Waals surface area contributed by atoms with Crippen LogP contribution in [0.3, 0.4) is 0 Å². The number of rotatable bonds is 4. The summed E-state index contributed by atoms with van der Waals surface area (Å²) in [4.78, 5) is 13.5. The number of hydrogen-bond acceptors (Lipinski definition) is 3. The Morgan fingerprint density at radius 1 is 1.47 bits per heavy atom. The Labute approximate surface area is 101 Å². The van der Waals surface area contributed by atoms with E-state index < -0.39 is 0 Å².